The van der Waals surface area contributed by atoms with E-state index in [9.17, 15) is 0 Å². The Morgan fingerprint density at radius 3 is 3.13 bits per heavy atom. The summed E-state index contributed by atoms with van der Waals surface area (Å²) in [5.41, 5.74) is 6.72. The van der Waals surface area contributed by atoms with Crippen molar-refractivity contribution in [2.45, 2.75) is 0 Å². The average Bonchev–Trinajstić information content (AvgIpc) is 2.86. The zero-order valence-electron chi connectivity index (χ0n) is 7.51. The molecule has 3 heterocycles. The molecule has 7 nitrogen and oxygen atoms in total. The van der Waals surface area contributed by atoms with Crippen LogP contribution >= 0.6 is 0 Å². The number of nitrogen functional groups attached to an aromatic ring is 1. The normalized spacial score (nSPS) is 12.5. The molecule has 0 aromatic carbocycles. The largest absolute Gasteiger partial charge is 0.443 e. The molecule has 2 aromatic rings. The Morgan fingerprint density at radius 1 is 1.40 bits per heavy atom. The van der Waals surface area contributed by atoms with Gasteiger partial charge in [0, 0.05) is 0 Å². The number of hydrogen-bond acceptors (Lipinski definition) is 7. The quantitative estimate of drug-likeness (QED) is 0.681. The van der Waals surface area contributed by atoms with Gasteiger partial charge in [0.1, 0.15) is 6.26 Å². The zero-order valence-corrected chi connectivity index (χ0v) is 7.51. The molecule has 0 fully saturated rings. The van der Waals surface area contributed by atoms with E-state index in [-0.39, 0.29) is 5.95 Å². The van der Waals surface area contributed by atoms with Crippen molar-refractivity contribution in [3.8, 4) is 11.6 Å². The molecular formula is C8H6N6O+. The number of nitrogens with zero attached hydrogens (tertiary/aromatic N) is 4. The van der Waals surface area contributed by atoms with Gasteiger partial charge in [0.25, 0.3) is 5.95 Å². The SMILES string of the molecule is Nc1nc2c(c(-c3ncco3)n1)NC=[N+]2. The Hall–Kier alpha value is -2.44. The second-order valence-corrected chi connectivity index (χ2v) is 2.87. The number of fused-ring (bicyclic) bond motifs is 1. The molecule has 0 bridgehead atoms. The van der Waals surface area contributed by atoms with E-state index >= 15 is 0 Å². The van der Waals surface area contributed by atoms with E-state index in [0.29, 0.717) is 23.1 Å². The van der Waals surface area contributed by atoms with E-state index in [4.69, 9.17) is 10.2 Å². The van der Waals surface area contributed by atoms with Gasteiger partial charge in [-0.3, -0.25) is 5.32 Å². The fraction of sp³-hybridized carbons (Fsp3) is 0. The van der Waals surface area contributed by atoms with Crippen molar-refractivity contribution in [1.29, 1.82) is 0 Å². The van der Waals surface area contributed by atoms with E-state index in [0.717, 1.165) is 0 Å². The van der Waals surface area contributed by atoms with Crippen molar-refractivity contribution in [3.05, 3.63) is 12.5 Å². The van der Waals surface area contributed by atoms with E-state index in [1.165, 1.54) is 18.8 Å². The lowest BCUT2D eigenvalue weighted by molar-refractivity contribution is 0.572. The van der Waals surface area contributed by atoms with Gasteiger partial charge in [-0.05, 0) is 0 Å². The van der Waals surface area contributed by atoms with Gasteiger partial charge in [0.05, 0.1) is 6.20 Å². The van der Waals surface area contributed by atoms with Gasteiger partial charge in [-0.2, -0.15) is 4.98 Å². The van der Waals surface area contributed by atoms with Crippen LogP contribution in [0.3, 0.4) is 0 Å². The van der Waals surface area contributed by atoms with Gasteiger partial charge < -0.3 is 10.2 Å². The summed E-state index contributed by atoms with van der Waals surface area (Å²) in [5.74, 6) is 1.02. The molecule has 0 saturated heterocycles. The Kier molecular flexibility index (Phi) is 1.46. The molecule has 1 radical (unpaired) electrons. The minimum atomic E-state index is 0.141. The number of hydrogen-bond donors (Lipinski definition) is 2. The monoisotopic (exact) mass is 202 g/mol. The lowest BCUT2D eigenvalue weighted by Gasteiger charge is -1.97. The first-order chi connectivity index (χ1) is 7.34. The minimum absolute atomic E-state index is 0.141. The van der Waals surface area contributed by atoms with Crippen LogP contribution in [0.15, 0.2) is 16.9 Å². The van der Waals surface area contributed by atoms with Crippen LogP contribution in [0.4, 0.5) is 17.5 Å². The molecule has 3 N–H and O–H groups in total. The standard InChI is InChI=1S/C8H6N6O/c9-8-13-5(7-10-1-2-15-7)4-6(14-8)12-3-11-4/h1-3,11H,(H2,9,13,14)/q+1. The lowest BCUT2D eigenvalue weighted by atomic mass is 10.3. The summed E-state index contributed by atoms with van der Waals surface area (Å²) in [7, 11) is 0. The van der Waals surface area contributed by atoms with Crippen molar-refractivity contribution in [3.63, 3.8) is 0 Å². The molecule has 0 spiro atoms. The lowest BCUT2D eigenvalue weighted by Crippen LogP contribution is -2.00. The molecule has 3 rings (SSSR count). The molecule has 0 aliphatic carbocycles. The number of nitrogens with one attached hydrogen (secondary N) is 1. The highest BCUT2D eigenvalue weighted by molar-refractivity contribution is 5.94. The van der Waals surface area contributed by atoms with Gasteiger partial charge in [-0.15, -0.1) is 0 Å². The average molecular weight is 202 g/mol. The molecule has 0 saturated carbocycles. The maximum Gasteiger partial charge on any atom is 0.342 e. The molecule has 0 atom stereocenters. The van der Waals surface area contributed by atoms with E-state index < -0.39 is 0 Å². The molecule has 2 aromatic heterocycles. The van der Waals surface area contributed by atoms with Gasteiger partial charge in [0.15, 0.2) is 5.69 Å². The minimum Gasteiger partial charge on any atom is -0.443 e. The highest BCUT2D eigenvalue weighted by atomic mass is 16.3. The van der Waals surface area contributed by atoms with Crippen LogP contribution in [-0.2, 0) is 0 Å². The molecule has 0 unspecified atom stereocenters. The highest BCUT2D eigenvalue weighted by Crippen LogP contribution is 2.31. The number of rotatable bonds is 1. The third-order valence-electron chi connectivity index (χ3n) is 1.94. The molecular weight excluding hydrogens is 196 g/mol. The first-order valence-corrected chi connectivity index (χ1v) is 4.21. The summed E-state index contributed by atoms with van der Waals surface area (Å²) in [6, 6.07) is 0. The van der Waals surface area contributed by atoms with E-state index in [1.807, 2.05) is 0 Å². The van der Waals surface area contributed by atoms with Crippen LogP contribution in [-0.4, -0.2) is 21.3 Å². The van der Waals surface area contributed by atoms with Crippen LogP contribution < -0.4 is 16.0 Å². The molecule has 73 valence electrons. The van der Waals surface area contributed by atoms with Gasteiger partial charge in [-0.1, -0.05) is 9.98 Å². The van der Waals surface area contributed by atoms with E-state index in [1.54, 1.807) is 0 Å². The zero-order chi connectivity index (χ0) is 10.3. The van der Waals surface area contributed by atoms with Crippen LogP contribution in [0.25, 0.3) is 11.6 Å². The first kappa shape index (κ1) is 7.92. The van der Waals surface area contributed by atoms with Crippen molar-refractivity contribution in [1.82, 2.24) is 19.9 Å². The number of oxazole rings is 1. The van der Waals surface area contributed by atoms with Gasteiger partial charge in [0.2, 0.25) is 17.9 Å². The predicted molar refractivity (Wildman–Crippen MR) is 53.4 cm³/mol. The molecule has 1 aliphatic rings. The van der Waals surface area contributed by atoms with Crippen LogP contribution in [0.2, 0.25) is 0 Å². The fourth-order valence-corrected chi connectivity index (χ4v) is 1.35. The third-order valence-corrected chi connectivity index (χ3v) is 1.94. The highest BCUT2D eigenvalue weighted by Gasteiger charge is 2.27. The Balaban J connectivity index is 2.25. The fourth-order valence-electron chi connectivity index (χ4n) is 1.35. The van der Waals surface area contributed by atoms with Crippen LogP contribution in [0.1, 0.15) is 0 Å². The topological polar surface area (TPSA) is 104 Å². The summed E-state index contributed by atoms with van der Waals surface area (Å²) in [6.07, 6.45) is 4.52. The molecule has 1 aliphatic heterocycles. The predicted octanol–water partition coefficient (Wildman–Crippen LogP) is 0.135. The molecule has 0 amide bonds. The Bertz CT molecular complexity index is 532. The van der Waals surface area contributed by atoms with Crippen molar-refractivity contribution < 1.29 is 4.42 Å². The second kappa shape index (κ2) is 2.77. The van der Waals surface area contributed by atoms with Crippen LogP contribution in [0.5, 0.6) is 0 Å². The number of anilines is 2. The van der Waals surface area contributed by atoms with Crippen molar-refractivity contribution in [2.24, 2.45) is 0 Å². The van der Waals surface area contributed by atoms with Gasteiger partial charge >= 0.3 is 5.82 Å². The van der Waals surface area contributed by atoms with Crippen molar-refractivity contribution >= 4 is 23.8 Å². The number of aliphatic imine (C=N–C) groups is 1. The van der Waals surface area contributed by atoms with Gasteiger partial charge in [-0.25, -0.2) is 4.98 Å². The molecule has 7 heteroatoms. The smallest absolute Gasteiger partial charge is 0.342 e. The first-order valence-electron chi connectivity index (χ1n) is 4.21. The molecule has 15 heavy (non-hydrogen) atoms. The van der Waals surface area contributed by atoms with Crippen molar-refractivity contribution in [2.75, 3.05) is 11.1 Å². The van der Waals surface area contributed by atoms with E-state index in [2.05, 4.69) is 25.3 Å². The Labute approximate surface area is 84.1 Å². The van der Waals surface area contributed by atoms with Crippen LogP contribution in [0, 0.1) is 0 Å². The summed E-state index contributed by atoms with van der Waals surface area (Å²) in [6.45, 7) is 0. The summed E-state index contributed by atoms with van der Waals surface area (Å²) < 4.78 is 5.15. The second-order valence-electron chi connectivity index (χ2n) is 2.87. The third kappa shape index (κ3) is 1.13. The maximum atomic E-state index is 5.54. The Morgan fingerprint density at radius 2 is 2.33 bits per heavy atom. The maximum absolute atomic E-state index is 5.54. The number of aromatic nitrogens is 3. The summed E-state index contributed by atoms with van der Waals surface area (Å²) in [5, 5.41) is 2.91. The summed E-state index contributed by atoms with van der Waals surface area (Å²) in [4.78, 5) is 16.0. The summed E-state index contributed by atoms with van der Waals surface area (Å²) >= 11 is 0. The number of nitrogens with two attached hydrogens (primary N) is 1.